The zero-order chi connectivity index (χ0) is 6.08. The summed E-state index contributed by atoms with van der Waals surface area (Å²) in [7, 11) is -11.4. The summed E-state index contributed by atoms with van der Waals surface area (Å²) in [6, 6.07) is 0. The molecule has 7 heteroatoms. The molecular formula is F5Si2. The first-order chi connectivity index (χ1) is 2.94. The summed E-state index contributed by atoms with van der Waals surface area (Å²) in [5.41, 5.74) is 0. The summed E-state index contributed by atoms with van der Waals surface area (Å²) in [5.74, 6) is 0. The van der Waals surface area contributed by atoms with Crippen molar-refractivity contribution in [3.05, 3.63) is 0 Å². The Hall–Kier alpha value is 0.0838. The average molecular weight is 151 g/mol. The maximum Gasteiger partial charge on any atom is 0.664 e. The van der Waals surface area contributed by atoms with Crippen LogP contribution in [0.4, 0.5) is 20.5 Å². The Balaban J connectivity index is 3.54. The van der Waals surface area contributed by atoms with Gasteiger partial charge in [-0.15, -0.1) is 0 Å². The van der Waals surface area contributed by atoms with Gasteiger partial charge in [0.1, 0.15) is 0 Å². The molecule has 0 amide bonds. The Morgan fingerprint density at radius 2 is 1.14 bits per heavy atom. The number of halogens is 5. The number of hydrogen-bond acceptors (Lipinski definition) is 0. The van der Waals surface area contributed by atoms with E-state index in [2.05, 4.69) is 0 Å². The summed E-state index contributed by atoms with van der Waals surface area (Å²) in [5, 5.41) is 0. The summed E-state index contributed by atoms with van der Waals surface area (Å²) in [6.45, 7) is 0. The molecule has 0 atom stereocenters. The minimum absolute atomic E-state index is 4.91. The van der Waals surface area contributed by atoms with Crippen LogP contribution in [0, 0.1) is 0 Å². The zero-order valence-electron chi connectivity index (χ0n) is 2.89. The van der Waals surface area contributed by atoms with Gasteiger partial charge in [0.15, 0.2) is 0 Å². The molecule has 0 saturated heterocycles. The van der Waals surface area contributed by atoms with Crippen molar-refractivity contribution in [2.24, 2.45) is 0 Å². The molecule has 43 valence electrons. The molecule has 1 radical (unpaired) electrons. The van der Waals surface area contributed by atoms with Gasteiger partial charge in [-0.2, -0.15) is 0 Å². The number of hydrogen-bond donors (Lipinski definition) is 0. The molecule has 0 aliphatic rings. The highest BCUT2D eigenvalue weighted by molar-refractivity contribution is 7.17. The molecule has 0 aromatic carbocycles. The summed E-state index contributed by atoms with van der Waals surface area (Å²) in [6.07, 6.45) is 0. The van der Waals surface area contributed by atoms with Crippen LogP contribution in [0.25, 0.3) is 0 Å². The molecule has 0 heterocycles. The van der Waals surface area contributed by atoms with Crippen LogP contribution >= 0.6 is 0 Å². The van der Waals surface area contributed by atoms with Crippen LogP contribution in [0.3, 0.4) is 0 Å². The van der Waals surface area contributed by atoms with E-state index in [0.717, 1.165) is 0 Å². The lowest BCUT2D eigenvalue weighted by Gasteiger charge is -1.91. The van der Waals surface area contributed by atoms with Gasteiger partial charge in [-0.1, -0.05) is 0 Å². The van der Waals surface area contributed by atoms with E-state index < -0.39 is 17.6 Å². The van der Waals surface area contributed by atoms with Gasteiger partial charge in [0.2, 0.25) is 0 Å². The van der Waals surface area contributed by atoms with Crippen molar-refractivity contribution in [3.63, 3.8) is 0 Å². The van der Waals surface area contributed by atoms with Crippen LogP contribution in [0.5, 0.6) is 0 Å². The van der Waals surface area contributed by atoms with Gasteiger partial charge in [-0.3, -0.25) is 8.22 Å². The fourth-order valence-electron chi connectivity index (χ4n) is 0. The third-order valence-electron chi connectivity index (χ3n) is 0.214. The SMILES string of the molecule is F[Si](F)[Si](F)(F)F. The standard InChI is InChI=1S/F5Si2/c1-6(2)7(3,4)5. The second-order valence-electron chi connectivity index (χ2n) is 0.758. The van der Waals surface area contributed by atoms with E-state index in [-0.39, 0.29) is 0 Å². The maximum atomic E-state index is 10.6. The van der Waals surface area contributed by atoms with E-state index in [1.54, 1.807) is 0 Å². The first kappa shape index (κ1) is 7.08. The normalized spacial score (nSPS) is 12.9. The Bertz CT molecular complexity index is 51.6. The molecule has 0 bridgehead atoms. The Kier molecular flexibility index (Phi) is 1.93. The minimum atomic E-state index is -6.47. The third kappa shape index (κ3) is 2.74. The third-order valence-corrected chi connectivity index (χ3v) is 1.93. The lowest BCUT2D eigenvalue weighted by atomic mass is 18.7. The van der Waals surface area contributed by atoms with Crippen molar-refractivity contribution in [1.82, 2.24) is 0 Å². The van der Waals surface area contributed by atoms with Crippen molar-refractivity contribution in [2.75, 3.05) is 0 Å². The fraction of sp³-hybridized carbons (Fsp3) is 0. The molecule has 0 nitrogen and oxygen atoms in total. The van der Waals surface area contributed by atoms with Gasteiger partial charge < -0.3 is 0 Å². The molecule has 0 unspecified atom stereocenters. The maximum absolute atomic E-state index is 10.6. The summed E-state index contributed by atoms with van der Waals surface area (Å²) < 4.78 is 53.0. The lowest BCUT2D eigenvalue weighted by Crippen LogP contribution is -2.31. The zero-order valence-corrected chi connectivity index (χ0v) is 4.89. The summed E-state index contributed by atoms with van der Waals surface area (Å²) >= 11 is 0. The Labute approximate surface area is 39.2 Å². The average Bonchev–Trinajstić information content (AvgIpc) is 1.31. The van der Waals surface area contributed by atoms with Gasteiger partial charge in [0.05, 0.1) is 0 Å². The molecule has 7 heavy (non-hydrogen) atoms. The second kappa shape index (κ2) is 1.91. The summed E-state index contributed by atoms with van der Waals surface area (Å²) in [4.78, 5) is 0. The van der Waals surface area contributed by atoms with Crippen LogP contribution in [0.1, 0.15) is 0 Å². The quantitative estimate of drug-likeness (QED) is 0.301. The molecule has 0 aliphatic heterocycles. The largest absolute Gasteiger partial charge is 0.664 e. The topological polar surface area (TPSA) is 0 Å². The molecule has 0 aliphatic carbocycles. The van der Waals surface area contributed by atoms with E-state index >= 15 is 0 Å². The van der Waals surface area contributed by atoms with E-state index in [0.29, 0.717) is 0 Å². The van der Waals surface area contributed by atoms with Gasteiger partial charge in [0.25, 0.3) is 0 Å². The van der Waals surface area contributed by atoms with E-state index in [4.69, 9.17) is 0 Å². The monoisotopic (exact) mass is 151 g/mol. The first-order valence-electron chi connectivity index (χ1n) is 1.19. The van der Waals surface area contributed by atoms with Gasteiger partial charge in [0, 0.05) is 0 Å². The van der Waals surface area contributed by atoms with Crippen LogP contribution in [-0.4, -0.2) is 17.6 Å². The molecular weight excluding hydrogens is 151 g/mol. The van der Waals surface area contributed by atoms with Gasteiger partial charge in [-0.05, 0) is 0 Å². The molecule has 0 aromatic rings. The van der Waals surface area contributed by atoms with Crippen LogP contribution in [-0.2, 0) is 0 Å². The molecule has 0 N–H and O–H groups in total. The first-order valence-corrected chi connectivity index (χ1v) is 5.08. The Morgan fingerprint density at radius 3 is 1.14 bits per heavy atom. The molecule has 0 saturated carbocycles. The van der Waals surface area contributed by atoms with Crippen LogP contribution < -0.4 is 0 Å². The van der Waals surface area contributed by atoms with E-state index in [1.807, 2.05) is 0 Å². The van der Waals surface area contributed by atoms with Crippen molar-refractivity contribution in [1.29, 1.82) is 0 Å². The van der Waals surface area contributed by atoms with Gasteiger partial charge in [-0.25, -0.2) is 12.3 Å². The second-order valence-corrected chi connectivity index (χ2v) is 5.11. The predicted octanol–water partition coefficient (Wildman–Crippen LogP) is 1.34. The molecule has 0 fully saturated rings. The van der Waals surface area contributed by atoms with Crippen molar-refractivity contribution < 1.29 is 20.5 Å². The van der Waals surface area contributed by atoms with Crippen molar-refractivity contribution in [3.8, 4) is 0 Å². The van der Waals surface area contributed by atoms with E-state index in [1.165, 1.54) is 0 Å². The fourth-order valence-corrected chi connectivity index (χ4v) is 0. The number of rotatable bonds is 1. The highest BCUT2D eigenvalue weighted by Crippen LogP contribution is 2.13. The van der Waals surface area contributed by atoms with Crippen LogP contribution in [0.15, 0.2) is 0 Å². The minimum Gasteiger partial charge on any atom is -0.262 e. The highest BCUT2D eigenvalue weighted by Gasteiger charge is 2.54. The van der Waals surface area contributed by atoms with Crippen molar-refractivity contribution in [2.45, 2.75) is 0 Å². The van der Waals surface area contributed by atoms with Gasteiger partial charge >= 0.3 is 17.6 Å². The molecule has 0 rings (SSSR count). The predicted molar refractivity (Wildman–Crippen MR) is 17.0 cm³/mol. The highest BCUT2D eigenvalue weighted by atomic mass is 29.3. The molecule has 0 aromatic heterocycles. The molecule has 0 spiro atoms. The van der Waals surface area contributed by atoms with Crippen molar-refractivity contribution >= 4 is 17.6 Å². The van der Waals surface area contributed by atoms with Crippen LogP contribution in [0.2, 0.25) is 0 Å². The van der Waals surface area contributed by atoms with E-state index in [9.17, 15) is 20.5 Å². The Morgan fingerprint density at radius 1 is 1.00 bits per heavy atom. The lowest BCUT2D eigenvalue weighted by molar-refractivity contribution is 0.483. The smallest absolute Gasteiger partial charge is 0.262 e.